The maximum Gasteiger partial charge on any atom is 0.224 e. The monoisotopic (exact) mass is 360 g/mol. The van der Waals surface area contributed by atoms with Crippen molar-refractivity contribution in [1.82, 2.24) is 9.97 Å². The summed E-state index contributed by atoms with van der Waals surface area (Å²) in [6, 6.07) is 12.8. The normalized spacial score (nSPS) is 10.5. The molecule has 0 atom stereocenters. The smallest absolute Gasteiger partial charge is 0.224 e. The Morgan fingerprint density at radius 3 is 2.52 bits per heavy atom. The van der Waals surface area contributed by atoms with Gasteiger partial charge in [0.25, 0.3) is 0 Å². The number of anilines is 3. The Bertz CT molecular complexity index is 856. The van der Waals surface area contributed by atoms with Gasteiger partial charge in [-0.25, -0.2) is 13.8 Å². The Morgan fingerprint density at radius 1 is 0.960 bits per heavy atom. The molecule has 0 aliphatic heterocycles. The molecule has 0 amide bonds. The second kappa shape index (κ2) is 7.90. The molecule has 0 fully saturated rings. The van der Waals surface area contributed by atoms with Crippen LogP contribution in [-0.2, 0) is 6.42 Å². The topological polar surface area (TPSA) is 49.8 Å². The molecule has 4 nitrogen and oxygen atoms in total. The van der Waals surface area contributed by atoms with E-state index in [1.807, 2.05) is 24.3 Å². The van der Waals surface area contributed by atoms with Gasteiger partial charge < -0.3 is 10.6 Å². The summed E-state index contributed by atoms with van der Waals surface area (Å²) < 4.78 is 26.2. The maximum absolute atomic E-state index is 13.2. The Labute approximate surface area is 148 Å². The molecule has 0 spiro atoms. The lowest BCUT2D eigenvalue weighted by Crippen LogP contribution is -2.08. The van der Waals surface area contributed by atoms with Gasteiger partial charge in [0.1, 0.15) is 5.82 Å². The molecule has 0 radical (unpaired) electrons. The summed E-state index contributed by atoms with van der Waals surface area (Å²) in [5, 5.41) is 6.74. The van der Waals surface area contributed by atoms with Crippen molar-refractivity contribution in [2.45, 2.75) is 6.42 Å². The molecular formula is C18H15ClF2N4. The predicted octanol–water partition coefficient (Wildman–Crippen LogP) is 4.81. The summed E-state index contributed by atoms with van der Waals surface area (Å²) in [5.74, 6) is -0.880. The van der Waals surface area contributed by atoms with Crippen molar-refractivity contribution >= 4 is 29.1 Å². The lowest BCUT2D eigenvalue weighted by atomic mass is 10.1. The first-order valence-corrected chi connectivity index (χ1v) is 8.01. The third-order valence-corrected chi connectivity index (χ3v) is 3.71. The van der Waals surface area contributed by atoms with E-state index in [4.69, 9.17) is 11.6 Å². The number of nitrogens with one attached hydrogen (secondary N) is 2. The van der Waals surface area contributed by atoms with Gasteiger partial charge >= 0.3 is 0 Å². The van der Waals surface area contributed by atoms with Gasteiger partial charge in [-0.2, -0.15) is 4.98 Å². The van der Waals surface area contributed by atoms with Crippen molar-refractivity contribution in [2.24, 2.45) is 0 Å². The number of benzene rings is 2. The minimum Gasteiger partial charge on any atom is -0.354 e. The van der Waals surface area contributed by atoms with E-state index >= 15 is 0 Å². The molecule has 2 N–H and O–H groups in total. The quantitative estimate of drug-likeness (QED) is 0.662. The molecule has 128 valence electrons. The minimum atomic E-state index is -0.916. The average molecular weight is 361 g/mol. The Hall–Kier alpha value is -2.73. The molecule has 0 aliphatic rings. The number of hydrogen-bond donors (Lipinski definition) is 2. The summed E-state index contributed by atoms with van der Waals surface area (Å²) in [4.78, 5) is 8.44. The molecule has 0 bridgehead atoms. The molecule has 0 saturated carbocycles. The molecule has 0 saturated heterocycles. The highest BCUT2D eigenvalue weighted by Gasteiger charge is 2.04. The zero-order valence-corrected chi connectivity index (χ0v) is 13.9. The van der Waals surface area contributed by atoms with Gasteiger partial charge in [-0.3, -0.25) is 0 Å². The van der Waals surface area contributed by atoms with Gasteiger partial charge in [-0.1, -0.05) is 23.7 Å². The van der Waals surface area contributed by atoms with Crippen molar-refractivity contribution in [3.05, 3.63) is 76.9 Å². The number of aromatic nitrogens is 2. The van der Waals surface area contributed by atoms with Gasteiger partial charge in [0.2, 0.25) is 5.95 Å². The highest BCUT2D eigenvalue weighted by Crippen LogP contribution is 2.18. The summed E-state index contributed by atoms with van der Waals surface area (Å²) in [7, 11) is 0. The third-order valence-electron chi connectivity index (χ3n) is 3.46. The first kappa shape index (κ1) is 17.1. The summed E-state index contributed by atoms with van der Waals surface area (Å²) in [6.07, 6.45) is 2.38. The van der Waals surface area contributed by atoms with Crippen LogP contribution in [0.3, 0.4) is 0 Å². The van der Waals surface area contributed by atoms with Gasteiger partial charge in [-0.15, -0.1) is 0 Å². The lowest BCUT2D eigenvalue weighted by Gasteiger charge is -2.09. The van der Waals surface area contributed by atoms with Crippen LogP contribution in [0.15, 0.2) is 54.7 Å². The Kier molecular flexibility index (Phi) is 5.40. The van der Waals surface area contributed by atoms with E-state index in [1.165, 1.54) is 6.07 Å². The van der Waals surface area contributed by atoms with Crippen molar-refractivity contribution < 1.29 is 8.78 Å². The molecule has 1 heterocycles. The van der Waals surface area contributed by atoms with Crippen LogP contribution >= 0.6 is 11.6 Å². The highest BCUT2D eigenvalue weighted by molar-refractivity contribution is 6.30. The van der Waals surface area contributed by atoms with Gasteiger partial charge in [0, 0.05) is 29.5 Å². The fourth-order valence-electron chi connectivity index (χ4n) is 2.20. The van der Waals surface area contributed by atoms with Crippen LogP contribution in [0.1, 0.15) is 5.56 Å². The Balaban J connectivity index is 1.59. The third kappa shape index (κ3) is 4.87. The molecule has 3 aromatic rings. The number of hydrogen-bond acceptors (Lipinski definition) is 4. The van der Waals surface area contributed by atoms with Crippen LogP contribution in [0.2, 0.25) is 5.02 Å². The highest BCUT2D eigenvalue weighted by atomic mass is 35.5. The van der Waals surface area contributed by atoms with E-state index in [-0.39, 0.29) is 0 Å². The largest absolute Gasteiger partial charge is 0.354 e. The maximum atomic E-state index is 13.2. The van der Waals surface area contributed by atoms with E-state index in [9.17, 15) is 8.78 Å². The summed E-state index contributed by atoms with van der Waals surface area (Å²) in [5.41, 5.74) is 1.55. The fraction of sp³-hybridized carbons (Fsp3) is 0.111. The number of halogens is 3. The lowest BCUT2D eigenvalue weighted by molar-refractivity contribution is 0.509. The van der Waals surface area contributed by atoms with Crippen LogP contribution < -0.4 is 10.6 Å². The van der Waals surface area contributed by atoms with Crippen molar-refractivity contribution in [3.8, 4) is 0 Å². The molecule has 25 heavy (non-hydrogen) atoms. The summed E-state index contributed by atoms with van der Waals surface area (Å²) in [6.45, 7) is 0.649. The Morgan fingerprint density at radius 2 is 1.76 bits per heavy atom. The second-order valence-corrected chi connectivity index (χ2v) is 5.76. The molecule has 0 aliphatic carbocycles. The van der Waals surface area contributed by atoms with E-state index in [0.29, 0.717) is 29.0 Å². The van der Waals surface area contributed by atoms with Crippen LogP contribution in [-0.4, -0.2) is 16.5 Å². The first-order chi connectivity index (χ1) is 12.1. The fourth-order valence-corrected chi connectivity index (χ4v) is 2.33. The number of rotatable bonds is 6. The van der Waals surface area contributed by atoms with E-state index in [1.54, 1.807) is 12.3 Å². The van der Waals surface area contributed by atoms with Crippen LogP contribution in [0, 0.1) is 11.6 Å². The van der Waals surface area contributed by atoms with Crippen LogP contribution in [0.25, 0.3) is 0 Å². The van der Waals surface area contributed by atoms with E-state index in [0.717, 1.165) is 24.1 Å². The standard InChI is InChI=1S/C18H15ClF2N4/c19-13-3-1-12(2-4-13)7-9-22-18-23-10-8-17(25-18)24-14-5-6-15(20)16(21)11-14/h1-6,8,10-11H,7,9H2,(H2,22,23,24,25). The van der Waals surface area contributed by atoms with Crippen LogP contribution in [0.5, 0.6) is 0 Å². The van der Waals surface area contributed by atoms with Crippen molar-refractivity contribution in [1.29, 1.82) is 0 Å². The average Bonchev–Trinajstić information content (AvgIpc) is 2.60. The SMILES string of the molecule is Fc1ccc(Nc2ccnc(NCCc3ccc(Cl)cc3)n2)cc1F. The predicted molar refractivity (Wildman–Crippen MR) is 95.3 cm³/mol. The minimum absolute atomic E-state index is 0.407. The van der Waals surface area contributed by atoms with Gasteiger partial charge in [-0.05, 0) is 42.3 Å². The van der Waals surface area contributed by atoms with Gasteiger partial charge in [0.15, 0.2) is 11.6 Å². The first-order valence-electron chi connectivity index (χ1n) is 7.63. The van der Waals surface area contributed by atoms with Crippen LogP contribution in [0.4, 0.5) is 26.2 Å². The zero-order chi connectivity index (χ0) is 17.6. The van der Waals surface area contributed by atoms with E-state index < -0.39 is 11.6 Å². The van der Waals surface area contributed by atoms with Crippen molar-refractivity contribution in [3.63, 3.8) is 0 Å². The molecular weight excluding hydrogens is 346 g/mol. The molecule has 7 heteroatoms. The number of nitrogens with zero attached hydrogens (tertiary/aromatic N) is 2. The van der Waals surface area contributed by atoms with Gasteiger partial charge in [0.05, 0.1) is 0 Å². The zero-order valence-electron chi connectivity index (χ0n) is 13.1. The second-order valence-electron chi connectivity index (χ2n) is 5.32. The molecule has 3 rings (SSSR count). The molecule has 0 unspecified atom stereocenters. The van der Waals surface area contributed by atoms with Crippen molar-refractivity contribution in [2.75, 3.05) is 17.2 Å². The molecule has 2 aromatic carbocycles. The molecule has 1 aromatic heterocycles. The summed E-state index contributed by atoms with van der Waals surface area (Å²) >= 11 is 5.86. The van der Waals surface area contributed by atoms with E-state index in [2.05, 4.69) is 20.6 Å².